The third-order valence-corrected chi connectivity index (χ3v) is 2.56. The zero-order chi connectivity index (χ0) is 13.0. The van der Waals surface area contributed by atoms with Crippen molar-refractivity contribution in [3.05, 3.63) is 41.3 Å². The van der Waals surface area contributed by atoms with E-state index in [1.54, 1.807) is 24.5 Å². The highest BCUT2D eigenvalue weighted by Crippen LogP contribution is 2.10. The average molecular weight is 246 g/mol. The minimum atomic E-state index is -0.239. The zero-order valence-corrected chi connectivity index (χ0v) is 9.90. The van der Waals surface area contributed by atoms with Gasteiger partial charge >= 0.3 is 0 Å². The Morgan fingerprint density at radius 3 is 3.06 bits per heavy atom. The van der Waals surface area contributed by atoms with Crippen molar-refractivity contribution in [3.63, 3.8) is 0 Å². The maximum atomic E-state index is 12.0. The largest absolute Gasteiger partial charge is 0.348 e. The lowest BCUT2D eigenvalue weighted by Gasteiger charge is -2.08. The summed E-state index contributed by atoms with van der Waals surface area (Å²) < 4.78 is 0. The smallest absolute Gasteiger partial charge is 0.255 e. The number of anilines is 1. The molecule has 2 rings (SSSR count). The summed E-state index contributed by atoms with van der Waals surface area (Å²) in [6, 6.07) is 3.33. The number of pyridine rings is 1. The minimum absolute atomic E-state index is 0.239. The molecule has 0 aromatic carbocycles. The molecule has 0 radical (unpaired) electrons. The van der Waals surface area contributed by atoms with Gasteiger partial charge in [-0.05, 0) is 19.1 Å². The second-order valence-electron chi connectivity index (χ2n) is 3.75. The molecule has 0 saturated carbocycles. The number of hydrogen-bond donors (Lipinski definition) is 4. The first kappa shape index (κ1) is 12.1. The van der Waals surface area contributed by atoms with Crippen LogP contribution >= 0.6 is 0 Å². The van der Waals surface area contributed by atoms with Gasteiger partial charge in [-0.3, -0.25) is 9.89 Å². The molecule has 0 atom stereocenters. The molecule has 0 aliphatic carbocycles. The average Bonchev–Trinajstić information content (AvgIpc) is 2.81. The summed E-state index contributed by atoms with van der Waals surface area (Å²) in [5, 5.41) is 9.48. The fourth-order valence-corrected chi connectivity index (χ4v) is 1.53. The molecule has 0 saturated heterocycles. The van der Waals surface area contributed by atoms with E-state index in [2.05, 4.69) is 25.9 Å². The number of H-pyrrole nitrogens is 1. The number of amides is 1. The monoisotopic (exact) mass is 246 g/mol. The van der Waals surface area contributed by atoms with Crippen LogP contribution in [0.3, 0.4) is 0 Å². The van der Waals surface area contributed by atoms with Gasteiger partial charge in [0.2, 0.25) is 0 Å². The number of rotatable bonds is 4. The van der Waals surface area contributed by atoms with Crippen molar-refractivity contribution in [2.75, 3.05) is 5.43 Å². The Bertz CT molecular complexity index is 550. The number of hydrazine groups is 1. The standard InChI is InChI=1S/C11H14N6O/c1-7-8(6-15-17-7)5-14-11(18)9-3-2-4-13-10(9)16-12/h2-4,6H,5,12H2,1H3,(H,13,16)(H,14,18)(H,15,17). The number of nitrogens with two attached hydrogens (primary N) is 1. The topological polar surface area (TPSA) is 109 Å². The number of nitrogen functional groups attached to an aromatic ring is 1. The van der Waals surface area contributed by atoms with E-state index in [4.69, 9.17) is 5.84 Å². The van der Waals surface area contributed by atoms with Gasteiger partial charge in [0, 0.05) is 24.0 Å². The maximum absolute atomic E-state index is 12.0. The van der Waals surface area contributed by atoms with E-state index < -0.39 is 0 Å². The third-order valence-electron chi connectivity index (χ3n) is 2.56. The van der Waals surface area contributed by atoms with Gasteiger partial charge in [0.05, 0.1) is 11.8 Å². The highest BCUT2D eigenvalue weighted by atomic mass is 16.1. The van der Waals surface area contributed by atoms with Crippen LogP contribution in [-0.2, 0) is 6.54 Å². The molecular weight excluding hydrogens is 232 g/mol. The van der Waals surface area contributed by atoms with Crippen LogP contribution in [0.15, 0.2) is 24.5 Å². The van der Waals surface area contributed by atoms with Crippen molar-refractivity contribution < 1.29 is 4.79 Å². The van der Waals surface area contributed by atoms with E-state index in [0.717, 1.165) is 11.3 Å². The first-order valence-electron chi connectivity index (χ1n) is 5.41. The Labute approximate surface area is 104 Å². The van der Waals surface area contributed by atoms with Crippen LogP contribution in [0, 0.1) is 6.92 Å². The number of nitrogens with zero attached hydrogens (tertiary/aromatic N) is 2. The van der Waals surface area contributed by atoms with Crippen molar-refractivity contribution in [3.8, 4) is 0 Å². The lowest BCUT2D eigenvalue weighted by atomic mass is 10.2. The van der Waals surface area contributed by atoms with Gasteiger partial charge in [-0.25, -0.2) is 10.8 Å². The molecule has 0 bridgehead atoms. The van der Waals surface area contributed by atoms with E-state index in [9.17, 15) is 4.79 Å². The fraction of sp³-hybridized carbons (Fsp3) is 0.182. The fourth-order valence-electron chi connectivity index (χ4n) is 1.53. The Morgan fingerprint density at radius 2 is 2.39 bits per heavy atom. The van der Waals surface area contributed by atoms with E-state index in [-0.39, 0.29) is 5.91 Å². The third kappa shape index (κ3) is 2.46. The molecule has 7 nitrogen and oxygen atoms in total. The lowest BCUT2D eigenvalue weighted by Crippen LogP contribution is -2.25. The summed E-state index contributed by atoms with van der Waals surface area (Å²) in [5.74, 6) is 5.40. The van der Waals surface area contributed by atoms with Crippen LogP contribution < -0.4 is 16.6 Å². The molecule has 7 heteroatoms. The minimum Gasteiger partial charge on any atom is -0.348 e. The zero-order valence-electron chi connectivity index (χ0n) is 9.90. The van der Waals surface area contributed by atoms with Gasteiger partial charge in [-0.15, -0.1) is 0 Å². The normalized spacial score (nSPS) is 10.1. The van der Waals surface area contributed by atoms with Gasteiger partial charge in [0.1, 0.15) is 0 Å². The first-order valence-corrected chi connectivity index (χ1v) is 5.41. The summed E-state index contributed by atoms with van der Waals surface area (Å²) in [6.45, 7) is 2.30. The molecule has 2 heterocycles. The molecule has 2 aromatic heterocycles. The molecular formula is C11H14N6O. The summed E-state index contributed by atoms with van der Waals surface area (Å²) >= 11 is 0. The summed E-state index contributed by atoms with van der Waals surface area (Å²) in [6.07, 6.45) is 3.24. The SMILES string of the molecule is Cc1[nH]ncc1CNC(=O)c1cccnc1NN. The van der Waals surface area contributed by atoms with Crippen LogP contribution in [0.4, 0.5) is 5.82 Å². The van der Waals surface area contributed by atoms with E-state index in [0.29, 0.717) is 17.9 Å². The van der Waals surface area contributed by atoms with Crippen molar-refractivity contribution in [2.24, 2.45) is 5.84 Å². The van der Waals surface area contributed by atoms with Crippen LogP contribution in [-0.4, -0.2) is 21.1 Å². The number of nitrogens with one attached hydrogen (secondary N) is 3. The van der Waals surface area contributed by atoms with Crippen LogP contribution in [0.2, 0.25) is 0 Å². The first-order chi connectivity index (χ1) is 8.72. The van der Waals surface area contributed by atoms with E-state index >= 15 is 0 Å². The Kier molecular flexibility index (Phi) is 3.54. The Morgan fingerprint density at radius 1 is 1.56 bits per heavy atom. The van der Waals surface area contributed by atoms with Crippen LogP contribution in [0.25, 0.3) is 0 Å². The maximum Gasteiger partial charge on any atom is 0.255 e. The highest BCUT2D eigenvalue weighted by molar-refractivity contribution is 5.98. The van der Waals surface area contributed by atoms with Crippen molar-refractivity contribution in [1.82, 2.24) is 20.5 Å². The lowest BCUT2D eigenvalue weighted by molar-refractivity contribution is 0.0951. The second kappa shape index (κ2) is 5.28. The van der Waals surface area contributed by atoms with Crippen molar-refractivity contribution >= 4 is 11.7 Å². The number of aromatic nitrogens is 3. The van der Waals surface area contributed by atoms with Crippen molar-refractivity contribution in [2.45, 2.75) is 13.5 Å². The molecule has 0 aliphatic rings. The summed E-state index contributed by atoms with van der Waals surface area (Å²) in [4.78, 5) is 15.9. The van der Waals surface area contributed by atoms with Crippen LogP contribution in [0.5, 0.6) is 0 Å². The number of hydrogen-bond acceptors (Lipinski definition) is 5. The Balaban J connectivity index is 2.06. The molecule has 5 N–H and O–H groups in total. The molecule has 1 amide bonds. The van der Waals surface area contributed by atoms with Gasteiger partial charge < -0.3 is 10.7 Å². The molecule has 0 spiro atoms. The molecule has 0 unspecified atom stereocenters. The molecule has 0 fully saturated rings. The molecule has 2 aromatic rings. The van der Waals surface area contributed by atoms with Crippen molar-refractivity contribution in [1.29, 1.82) is 0 Å². The van der Waals surface area contributed by atoms with Gasteiger partial charge in [0.25, 0.3) is 5.91 Å². The Hall–Kier alpha value is -2.41. The molecule has 18 heavy (non-hydrogen) atoms. The quantitative estimate of drug-likeness (QED) is 0.459. The van der Waals surface area contributed by atoms with Gasteiger partial charge in [-0.1, -0.05) is 0 Å². The van der Waals surface area contributed by atoms with Crippen LogP contribution in [0.1, 0.15) is 21.6 Å². The number of aryl methyl sites for hydroxylation is 1. The van der Waals surface area contributed by atoms with Gasteiger partial charge in [0.15, 0.2) is 5.82 Å². The van der Waals surface area contributed by atoms with Gasteiger partial charge in [-0.2, -0.15) is 5.10 Å². The summed E-state index contributed by atoms with van der Waals surface area (Å²) in [5.41, 5.74) is 4.66. The number of aromatic amines is 1. The highest BCUT2D eigenvalue weighted by Gasteiger charge is 2.11. The van der Waals surface area contributed by atoms with E-state index in [1.807, 2.05) is 6.92 Å². The molecule has 0 aliphatic heterocycles. The number of carbonyl (C=O) groups is 1. The van der Waals surface area contributed by atoms with E-state index in [1.165, 1.54) is 0 Å². The predicted octanol–water partition coefficient (Wildman–Crippen LogP) is 0.329. The number of carbonyl (C=O) groups excluding carboxylic acids is 1. The predicted molar refractivity (Wildman–Crippen MR) is 66.5 cm³/mol. The molecule has 94 valence electrons. The second-order valence-corrected chi connectivity index (χ2v) is 3.75. The summed E-state index contributed by atoms with van der Waals surface area (Å²) in [7, 11) is 0.